The molecule has 0 saturated heterocycles. The van der Waals surface area contributed by atoms with E-state index in [0.29, 0.717) is 0 Å². The lowest BCUT2D eigenvalue weighted by Crippen LogP contribution is -2.47. The summed E-state index contributed by atoms with van der Waals surface area (Å²) in [6.45, 7) is 0. The number of hydrogen-bond acceptors (Lipinski definition) is 4. The third-order valence-electron chi connectivity index (χ3n) is 1.63. The van der Waals surface area contributed by atoms with Crippen LogP contribution in [0, 0.1) is 0 Å². The van der Waals surface area contributed by atoms with Crippen molar-refractivity contribution in [1.82, 2.24) is 10.6 Å². The maximum Gasteiger partial charge on any atom is 0.250 e. The largest absolute Gasteiger partial charge is 0.339 e. The van der Waals surface area contributed by atoms with Crippen LogP contribution in [0.3, 0.4) is 0 Å². The van der Waals surface area contributed by atoms with Crippen LogP contribution in [0.4, 0.5) is 0 Å². The van der Waals surface area contributed by atoms with Gasteiger partial charge in [-0.3, -0.25) is 0 Å². The second-order valence-electron chi connectivity index (χ2n) is 2.44. The molecule has 0 radical (unpaired) electrons. The van der Waals surface area contributed by atoms with Crippen molar-refractivity contribution in [2.75, 3.05) is 0 Å². The zero-order valence-corrected chi connectivity index (χ0v) is 7.25. The quantitative estimate of drug-likeness (QED) is 0.462. The van der Waals surface area contributed by atoms with Gasteiger partial charge in [0.2, 0.25) is 15.4 Å². The van der Waals surface area contributed by atoms with Gasteiger partial charge in [0.15, 0.2) is 0 Å². The Hall–Kier alpha value is -1.47. The highest BCUT2D eigenvalue weighted by atomic mass is 32.2. The standard InChI is InChI=1S/C6H6N4O2S/c11-13(12)6-8-2-4-1-7-3-9-5(4)10-6/h1-3,5,8,10H. The zero-order valence-electron chi connectivity index (χ0n) is 6.43. The molecule has 0 saturated carbocycles. The Balaban J connectivity index is 2.38. The first-order chi connectivity index (χ1) is 6.27. The Kier molecular flexibility index (Phi) is 1.95. The van der Waals surface area contributed by atoms with Gasteiger partial charge in [-0.1, -0.05) is 0 Å². The third-order valence-corrected chi connectivity index (χ3v) is 2.20. The van der Waals surface area contributed by atoms with Crippen molar-refractivity contribution in [3.8, 4) is 0 Å². The lowest BCUT2D eigenvalue weighted by atomic mass is 10.2. The Bertz CT molecular complexity index is 437. The molecular formula is C6H6N4O2S. The van der Waals surface area contributed by atoms with E-state index < -0.39 is 10.3 Å². The fraction of sp³-hybridized carbons (Fsp3) is 0.167. The maximum absolute atomic E-state index is 10.6. The van der Waals surface area contributed by atoms with Crippen LogP contribution in [0.5, 0.6) is 0 Å². The Morgan fingerprint density at radius 2 is 2.31 bits per heavy atom. The van der Waals surface area contributed by atoms with Crippen molar-refractivity contribution in [2.24, 2.45) is 9.98 Å². The van der Waals surface area contributed by atoms with E-state index in [-0.39, 0.29) is 11.3 Å². The fourth-order valence-electron chi connectivity index (χ4n) is 1.03. The van der Waals surface area contributed by atoms with Crippen LogP contribution < -0.4 is 10.6 Å². The first-order valence-corrected chi connectivity index (χ1v) is 4.59. The lowest BCUT2D eigenvalue weighted by Gasteiger charge is -2.21. The van der Waals surface area contributed by atoms with Gasteiger partial charge < -0.3 is 5.32 Å². The van der Waals surface area contributed by atoms with Crippen molar-refractivity contribution in [2.45, 2.75) is 6.17 Å². The van der Waals surface area contributed by atoms with E-state index in [1.165, 1.54) is 6.34 Å². The molecule has 1 atom stereocenters. The monoisotopic (exact) mass is 198 g/mol. The number of fused-ring (bicyclic) bond motifs is 1. The predicted molar refractivity (Wildman–Crippen MR) is 49.1 cm³/mol. The molecule has 0 aliphatic carbocycles. The van der Waals surface area contributed by atoms with Gasteiger partial charge in [-0.05, 0) is 0 Å². The van der Waals surface area contributed by atoms with Gasteiger partial charge in [-0.15, -0.1) is 0 Å². The molecule has 2 aliphatic rings. The smallest absolute Gasteiger partial charge is 0.250 e. The number of hydrogen-bond donors (Lipinski definition) is 2. The summed E-state index contributed by atoms with van der Waals surface area (Å²) < 4.78 is 21.1. The second-order valence-corrected chi connectivity index (χ2v) is 3.32. The average molecular weight is 198 g/mol. The molecular weight excluding hydrogens is 192 g/mol. The van der Waals surface area contributed by atoms with E-state index >= 15 is 0 Å². The minimum Gasteiger partial charge on any atom is -0.339 e. The van der Waals surface area contributed by atoms with Gasteiger partial charge in [-0.25, -0.2) is 15.3 Å². The topological polar surface area (TPSA) is 82.9 Å². The molecule has 2 heterocycles. The molecule has 0 spiro atoms. The first-order valence-electron chi connectivity index (χ1n) is 3.51. The summed E-state index contributed by atoms with van der Waals surface area (Å²) in [5.74, 6) is 0. The van der Waals surface area contributed by atoms with Gasteiger partial charge in [0.05, 0.1) is 0 Å². The van der Waals surface area contributed by atoms with Gasteiger partial charge >= 0.3 is 0 Å². The number of rotatable bonds is 0. The summed E-state index contributed by atoms with van der Waals surface area (Å²) in [4.78, 5) is 7.75. The molecule has 0 amide bonds. The molecule has 0 aromatic heterocycles. The van der Waals surface area contributed by atoms with E-state index in [1.807, 2.05) is 0 Å². The Morgan fingerprint density at radius 1 is 1.46 bits per heavy atom. The van der Waals surface area contributed by atoms with Crippen LogP contribution in [0.25, 0.3) is 0 Å². The van der Waals surface area contributed by atoms with E-state index in [2.05, 4.69) is 20.6 Å². The fourth-order valence-corrected chi connectivity index (χ4v) is 1.39. The molecule has 2 aliphatic heterocycles. The van der Waals surface area contributed by atoms with Crippen molar-refractivity contribution in [3.05, 3.63) is 11.8 Å². The van der Waals surface area contributed by atoms with Crippen LogP contribution in [0.15, 0.2) is 21.8 Å². The lowest BCUT2D eigenvalue weighted by molar-refractivity contribution is 0.623. The van der Waals surface area contributed by atoms with Crippen molar-refractivity contribution in [1.29, 1.82) is 0 Å². The number of aliphatic imine (C=N–C) groups is 2. The Labute approximate surface area is 75.6 Å². The minimum absolute atomic E-state index is 0.0289. The van der Waals surface area contributed by atoms with Crippen molar-refractivity contribution in [3.63, 3.8) is 0 Å². The summed E-state index contributed by atoms with van der Waals surface area (Å²) in [6, 6.07) is 0. The Morgan fingerprint density at radius 3 is 3.08 bits per heavy atom. The predicted octanol–water partition coefficient (Wildman–Crippen LogP) is -1.53. The van der Waals surface area contributed by atoms with Crippen molar-refractivity contribution < 1.29 is 8.42 Å². The second kappa shape index (κ2) is 3.11. The SMILES string of the molecule is O=S(=O)=C1NC=C2C=NC=NC2N1. The molecule has 13 heavy (non-hydrogen) atoms. The van der Waals surface area contributed by atoms with Crippen LogP contribution in [0.1, 0.15) is 0 Å². The van der Waals surface area contributed by atoms with Gasteiger partial charge in [0.25, 0.3) is 0 Å². The van der Waals surface area contributed by atoms with Crippen LogP contribution >= 0.6 is 0 Å². The van der Waals surface area contributed by atoms with E-state index in [0.717, 1.165) is 5.57 Å². The highest BCUT2D eigenvalue weighted by Gasteiger charge is 2.20. The summed E-state index contributed by atoms with van der Waals surface area (Å²) in [5, 5.41) is 5.30. The highest BCUT2D eigenvalue weighted by molar-refractivity contribution is 7.72. The van der Waals surface area contributed by atoms with Gasteiger partial charge in [0, 0.05) is 18.0 Å². The summed E-state index contributed by atoms with van der Waals surface area (Å²) in [5.41, 5.74) is 0.803. The van der Waals surface area contributed by atoms with Crippen LogP contribution in [0.2, 0.25) is 0 Å². The summed E-state index contributed by atoms with van der Waals surface area (Å²) in [6.07, 6.45) is 4.21. The van der Waals surface area contributed by atoms with Gasteiger partial charge in [0.1, 0.15) is 12.5 Å². The average Bonchev–Trinajstić information content (AvgIpc) is 2.17. The number of nitrogens with zero attached hydrogens (tertiary/aromatic N) is 2. The molecule has 0 aromatic rings. The molecule has 0 aromatic carbocycles. The highest BCUT2D eigenvalue weighted by Crippen LogP contribution is 2.06. The molecule has 2 N–H and O–H groups in total. The van der Waals surface area contributed by atoms with Gasteiger partial charge in [-0.2, -0.15) is 8.42 Å². The summed E-state index contributed by atoms with van der Waals surface area (Å²) in [7, 11) is -2.29. The normalized spacial score (nSPS) is 24.8. The first kappa shape index (κ1) is 8.14. The molecule has 68 valence electrons. The molecule has 0 fully saturated rings. The van der Waals surface area contributed by atoms with Crippen LogP contribution in [-0.2, 0) is 10.3 Å². The van der Waals surface area contributed by atoms with Crippen molar-refractivity contribution >= 4 is 28.0 Å². The third kappa shape index (κ3) is 1.51. The maximum atomic E-state index is 10.6. The summed E-state index contributed by atoms with van der Waals surface area (Å²) >= 11 is 0. The molecule has 1 unspecified atom stereocenters. The number of nitrogens with one attached hydrogen (secondary N) is 2. The minimum atomic E-state index is -2.29. The molecule has 6 nitrogen and oxygen atoms in total. The van der Waals surface area contributed by atoms with E-state index in [4.69, 9.17) is 0 Å². The molecule has 2 rings (SSSR count). The van der Waals surface area contributed by atoms with E-state index in [1.54, 1.807) is 12.4 Å². The van der Waals surface area contributed by atoms with Crippen LogP contribution in [-0.4, -0.2) is 32.2 Å². The zero-order chi connectivity index (χ0) is 9.26. The molecule has 7 heteroatoms. The molecule has 0 bridgehead atoms. The van der Waals surface area contributed by atoms with E-state index in [9.17, 15) is 8.42 Å².